The van der Waals surface area contributed by atoms with Crippen molar-refractivity contribution >= 4 is 0 Å². The number of benzene rings is 1. The van der Waals surface area contributed by atoms with Crippen LogP contribution in [0.2, 0.25) is 0 Å². The lowest BCUT2D eigenvalue weighted by molar-refractivity contribution is 0.110. The molecule has 18 heavy (non-hydrogen) atoms. The summed E-state index contributed by atoms with van der Waals surface area (Å²) in [5.74, 6) is 1.74. The molecule has 4 nitrogen and oxygen atoms in total. The Morgan fingerprint density at radius 1 is 1.33 bits per heavy atom. The van der Waals surface area contributed by atoms with E-state index in [4.69, 9.17) is 14.2 Å². The van der Waals surface area contributed by atoms with Gasteiger partial charge in [0.1, 0.15) is 11.5 Å². The van der Waals surface area contributed by atoms with Gasteiger partial charge in [-0.2, -0.15) is 0 Å². The molecule has 0 unspecified atom stereocenters. The Hall–Kier alpha value is -1.26. The predicted octanol–water partition coefficient (Wildman–Crippen LogP) is 1.97. The van der Waals surface area contributed by atoms with Crippen LogP contribution < -0.4 is 14.8 Å². The maximum absolute atomic E-state index is 5.57. The van der Waals surface area contributed by atoms with Gasteiger partial charge in [-0.25, -0.2) is 0 Å². The Labute approximate surface area is 108 Å². The highest BCUT2D eigenvalue weighted by Gasteiger charge is 2.15. The summed E-state index contributed by atoms with van der Waals surface area (Å²) in [6.45, 7) is 2.55. The molecule has 1 fully saturated rings. The highest BCUT2D eigenvalue weighted by molar-refractivity contribution is 5.40. The average Bonchev–Trinajstić information content (AvgIpc) is 2.92. The summed E-state index contributed by atoms with van der Waals surface area (Å²) in [5.41, 5.74) is 1.11. The third kappa shape index (κ3) is 3.37. The summed E-state index contributed by atoms with van der Waals surface area (Å²) < 4.78 is 16.1. The van der Waals surface area contributed by atoms with Crippen molar-refractivity contribution in [3.05, 3.63) is 23.8 Å². The molecule has 0 saturated carbocycles. The second-order valence-electron chi connectivity index (χ2n) is 4.44. The number of hydrogen-bond donors (Lipinski definition) is 1. The zero-order valence-corrected chi connectivity index (χ0v) is 11.1. The minimum Gasteiger partial charge on any atom is -0.497 e. The molecule has 1 atom stereocenters. The van der Waals surface area contributed by atoms with Crippen LogP contribution >= 0.6 is 0 Å². The highest BCUT2D eigenvalue weighted by atomic mass is 16.5. The Kier molecular flexibility index (Phi) is 4.84. The van der Waals surface area contributed by atoms with Crippen molar-refractivity contribution < 1.29 is 14.2 Å². The van der Waals surface area contributed by atoms with Gasteiger partial charge in [-0.15, -0.1) is 0 Å². The van der Waals surface area contributed by atoms with Gasteiger partial charge in [0, 0.05) is 25.3 Å². The molecule has 1 aliphatic rings. The minimum absolute atomic E-state index is 0.363. The summed E-state index contributed by atoms with van der Waals surface area (Å²) in [7, 11) is 3.36. The first-order valence-corrected chi connectivity index (χ1v) is 6.36. The largest absolute Gasteiger partial charge is 0.497 e. The molecule has 1 heterocycles. The molecule has 1 aromatic carbocycles. The maximum Gasteiger partial charge on any atom is 0.123 e. The van der Waals surface area contributed by atoms with Crippen molar-refractivity contribution in [2.75, 3.05) is 27.4 Å². The predicted molar refractivity (Wildman–Crippen MR) is 70.2 cm³/mol. The normalized spacial score (nSPS) is 18.9. The Morgan fingerprint density at radius 3 is 2.89 bits per heavy atom. The van der Waals surface area contributed by atoms with Crippen LogP contribution in [0.4, 0.5) is 0 Å². The van der Waals surface area contributed by atoms with Gasteiger partial charge in [0.05, 0.1) is 20.3 Å². The third-order valence-corrected chi connectivity index (χ3v) is 3.20. The molecule has 1 aliphatic heterocycles. The van der Waals surface area contributed by atoms with E-state index >= 15 is 0 Å². The molecule has 0 spiro atoms. The van der Waals surface area contributed by atoms with Crippen LogP contribution in [-0.2, 0) is 11.3 Å². The number of hydrogen-bond acceptors (Lipinski definition) is 4. The van der Waals surface area contributed by atoms with Crippen molar-refractivity contribution in [2.45, 2.75) is 25.5 Å². The molecule has 1 aromatic rings. The molecular weight excluding hydrogens is 230 g/mol. The Balaban J connectivity index is 1.89. The molecule has 1 saturated heterocycles. The van der Waals surface area contributed by atoms with Crippen molar-refractivity contribution in [1.82, 2.24) is 5.32 Å². The fourth-order valence-corrected chi connectivity index (χ4v) is 2.19. The molecule has 0 radical (unpaired) electrons. The van der Waals surface area contributed by atoms with Gasteiger partial charge in [0.2, 0.25) is 0 Å². The molecule has 0 aromatic heterocycles. The van der Waals surface area contributed by atoms with E-state index < -0.39 is 0 Å². The molecule has 0 bridgehead atoms. The molecule has 100 valence electrons. The third-order valence-electron chi connectivity index (χ3n) is 3.20. The van der Waals surface area contributed by atoms with Crippen LogP contribution in [0.15, 0.2) is 18.2 Å². The monoisotopic (exact) mass is 251 g/mol. The summed E-state index contributed by atoms with van der Waals surface area (Å²) in [5, 5.41) is 3.41. The Bertz CT molecular complexity index is 375. The standard InChI is InChI=1S/C14H21NO3/c1-16-12-5-6-14(17-2)11(8-12)9-15-10-13-4-3-7-18-13/h5-6,8,13,15H,3-4,7,9-10H2,1-2H3/t13-/m0/s1. The zero-order chi connectivity index (χ0) is 12.8. The van der Waals surface area contributed by atoms with Gasteiger partial charge in [-0.05, 0) is 31.0 Å². The van der Waals surface area contributed by atoms with Gasteiger partial charge in [-0.1, -0.05) is 0 Å². The number of methoxy groups -OCH3 is 2. The van der Waals surface area contributed by atoms with E-state index in [9.17, 15) is 0 Å². The summed E-state index contributed by atoms with van der Waals surface area (Å²) in [4.78, 5) is 0. The van der Waals surface area contributed by atoms with E-state index in [2.05, 4.69) is 5.32 Å². The van der Waals surface area contributed by atoms with Gasteiger partial charge < -0.3 is 19.5 Å². The summed E-state index contributed by atoms with van der Waals surface area (Å²) >= 11 is 0. The molecule has 1 N–H and O–H groups in total. The first-order valence-electron chi connectivity index (χ1n) is 6.36. The summed E-state index contributed by atoms with van der Waals surface area (Å²) in [6.07, 6.45) is 2.69. The van der Waals surface area contributed by atoms with Gasteiger partial charge in [-0.3, -0.25) is 0 Å². The van der Waals surface area contributed by atoms with E-state index in [1.165, 1.54) is 6.42 Å². The topological polar surface area (TPSA) is 39.7 Å². The maximum atomic E-state index is 5.57. The van der Waals surface area contributed by atoms with E-state index in [1.807, 2.05) is 18.2 Å². The number of nitrogens with one attached hydrogen (secondary N) is 1. The van der Waals surface area contributed by atoms with Crippen molar-refractivity contribution in [2.24, 2.45) is 0 Å². The molecular formula is C14H21NO3. The molecule has 0 aliphatic carbocycles. The van der Waals surface area contributed by atoms with Crippen molar-refractivity contribution in [3.63, 3.8) is 0 Å². The highest BCUT2D eigenvalue weighted by Crippen LogP contribution is 2.23. The van der Waals surface area contributed by atoms with E-state index in [1.54, 1.807) is 14.2 Å². The smallest absolute Gasteiger partial charge is 0.123 e. The lowest BCUT2D eigenvalue weighted by Gasteiger charge is -2.13. The molecule has 2 rings (SSSR count). The van der Waals surface area contributed by atoms with Gasteiger partial charge >= 0.3 is 0 Å². The van der Waals surface area contributed by atoms with Gasteiger partial charge in [0.25, 0.3) is 0 Å². The van der Waals surface area contributed by atoms with E-state index in [-0.39, 0.29) is 0 Å². The number of ether oxygens (including phenoxy) is 3. The lowest BCUT2D eigenvalue weighted by Crippen LogP contribution is -2.25. The van der Waals surface area contributed by atoms with Crippen LogP contribution in [0.5, 0.6) is 11.5 Å². The van der Waals surface area contributed by atoms with Crippen LogP contribution in [0.25, 0.3) is 0 Å². The van der Waals surface area contributed by atoms with Crippen molar-refractivity contribution in [3.8, 4) is 11.5 Å². The van der Waals surface area contributed by atoms with E-state index in [0.717, 1.165) is 43.2 Å². The fraction of sp³-hybridized carbons (Fsp3) is 0.571. The van der Waals surface area contributed by atoms with Crippen LogP contribution in [0.1, 0.15) is 18.4 Å². The molecule has 0 amide bonds. The second-order valence-corrected chi connectivity index (χ2v) is 4.44. The zero-order valence-electron chi connectivity index (χ0n) is 11.1. The van der Waals surface area contributed by atoms with Crippen LogP contribution in [0.3, 0.4) is 0 Å². The Morgan fingerprint density at radius 2 is 2.22 bits per heavy atom. The lowest BCUT2D eigenvalue weighted by atomic mass is 10.1. The molecule has 4 heteroatoms. The first kappa shape index (κ1) is 13.2. The van der Waals surface area contributed by atoms with Crippen molar-refractivity contribution in [1.29, 1.82) is 0 Å². The average molecular weight is 251 g/mol. The van der Waals surface area contributed by atoms with Crippen LogP contribution in [-0.4, -0.2) is 33.5 Å². The quantitative estimate of drug-likeness (QED) is 0.839. The second kappa shape index (κ2) is 6.61. The van der Waals surface area contributed by atoms with Crippen LogP contribution in [0, 0.1) is 0 Å². The fourth-order valence-electron chi connectivity index (χ4n) is 2.19. The van der Waals surface area contributed by atoms with E-state index in [0.29, 0.717) is 6.10 Å². The SMILES string of the molecule is COc1ccc(OC)c(CNC[C@@H]2CCCO2)c1. The minimum atomic E-state index is 0.363. The first-order chi connectivity index (χ1) is 8.83. The van der Waals surface area contributed by atoms with Gasteiger partial charge in [0.15, 0.2) is 0 Å². The number of rotatable bonds is 6. The summed E-state index contributed by atoms with van der Waals surface area (Å²) in [6, 6.07) is 5.84.